The average molecular weight is 424 g/mol. The first kappa shape index (κ1) is 22.5. The summed E-state index contributed by atoms with van der Waals surface area (Å²) in [6.45, 7) is 5.24. The number of rotatable bonds is 4. The van der Waals surface area contributed by atoms with Gasteiger partial charge >= 0.3 is 0 Å². The number of likely N-dealkylation sites (tertiary alicyclic amines) is 1. The maximum atomic E-state index is 13.3. The zero-order valence-electron chi connectivity index (χ0n) is 18.7. The molecule has 1 aliphatic carbocycles. The Morgan fingerprint density at radius 3 is 2.61 bits per heavy atom. The fourth-order valence-corrected chi connectivity index (χ4v) is 4.36. The van der Waals surface area contributed by atoms with Crippen molar-refractivity contribution in [1.82, 2.24) is 15.1 Å². The Morgan fingerprint density at radius 2 is 1.94 bits per heavy atom. The quantitative estimate of drug-likeness (QED) is 0.749. The Balaban J connectivity index is 1.78. The molecule has 6 heteroatoms. The topological polar surface area (TPSA) is 54.0 Å². The molecular formula is C25H33N3O3. The zero-order chi connectivity index (χ0) is 22.3. The van der Waals surface area contributed by atoms with Crippen molar-refractivity contribution in [3.8, 4) is 0 Å². The lowest BCUT2D eigenvalue weighted by atomic mass is 9.82. The van der Waals surface area contributed by atoms with Gasteiger partial charge in [0.15, 0.2) is 0 Å². The monoisotopic (exact) mass is 423 g/mol. The Labute approximate surface area is 185 Å². The normalized spacial score (nSPS) is 27.5. The molecule has 0 bridgehead atoms. The van der Waals surface area contributed by atoms with Gasteiger partial charge in [-0.1, -0.05) is 24.8 Å². The van der Waals surface area contributed by atoms with E-state index in [0.29, 0.717) is 25.3 Å². The van der Waals surface area contributed by atoms with Crippen LogP contribution in [-0.2, 0) is 14.3 Å². The lowest BCUT2D eigenvalue weighted by molar-refractivity contribution is -0.135. The number of nitrogens with zero attached hydrogens (tertiary/aromatic N) is 2. The van der Waals surface area contributed by atoms with Crippen LogP contribution in [0, 0.1) is 5.92 Å². The van der Waals surface area contributed by atoms with Gasteiger partial charge in [0.05, 0.1) is 25.7 Å². The van der Waals surface area contributed by atoms with E-state index in [1.165, 1.54) is 0 Å². The maximum absolute atomic E-state index is 13.3. The van der Waals surface area contributed by atoms with E-state index in [9.17, 15) is 4.79 Å². The van der Waals surface area contributed by atoms with Crippen molar-refractivity contribution >= 4 is 5.91 Å². The Kier molecular flexibility index (Phi) is 7.45. The Hall–Kier alpha value is -3.15. The van der Waals surface area contributed by atoms with Gasteiger partial charge in [0.1, 0.15) is 11.5 Å². The zero-order valence-corrected chi connectivity index (χ0v) is 18.7. The third-order valence-corrected chi connectivity index (χ3v) is 6.08. The molecule has 0 aromatic carbocycles. The van der Waals surface area contributed by atoms with Crippen LogP contribution in [0.5, 0.6) is 0 Å². The number of hydrogen-bond acceptors (Lipinski definition) is 5. The molecule has 0 aromatic heterocycles. The van der Waals surface area contributed by atoms with E-state index in [0.717, 1.165) is 24.3 Å². The van der Waals surface area contributed by atoms with Gasteiger partial charge in [0.2, 0.25) is 5.91 Å². The molecule has 1 amide bonds. The van der Waals surface area contributed by atoms with Crippen LogP contribution in [0.25, 0.3) is 0 Å². The number of allylic oxidation sites excluding steroid dienone is 8. The van der Waals surface area contributed by atoms with Crippen molar-refractivity contribution in [1.29, 1.82) is 0 Å². The molecule has 0 saturated carbocycles. The molecule has 1 fully saturated rings. The molecule has 2 heterocycles. The summed E-state index contributed by atoms with van der Waals surface area (Å²) in [5.41, 5.74) is 0.860. The summed E-state index contributed by atoms with van der Waals surface area (Å²) in [4.78, 5) is 17.4. The molecule has 0 aromatic rings. The fourth-order valence-electron chi connectivity index (χ4n) is 4.36. The summed E-state index contributed by atoms with van der Waals surface area (Å²) in [5.74, 6) is 1.29. The highest BCUT2D eigenvalue weighted by atomic mass is 16.5. The van der Waals surface area contributed by atoms with Crippen molar-refractivity contribution in [2.45, 2.75) is 24.8 Å². The van der Waals surface area contributed by atoms with E-state index >= 15 is 0 Å². The third kappa shape index (κ3) is 5.13. The smallest absolute Gasteiger partial charge is 0.230 e. The molecule has 166 valence electrons. The van der Waals surface area contributed by atoms with E-state index in [4.69, 9.17) is 9.47 Å². The lowest BCUT2D eigenvalue weighted by Crippen LogP contribution is -2.56. The van der Waals surface area contributed by atoms with Gasteiger partial charge in [-0.3, -0.25) is 4.79 Å². The molecule has 3 aliphatic rings. The first-order chi connectivity index (χ1) is 15.0. The highest BCUT2D eigenvalue weighted by molar-refractivity contribution is 5.81. The Morgan fingerprint density at radius 1 is 1.19 bits per heavy atom. The van der Waals surface area contributed by atoms with Crippen LogP contribution in [0.2, 0.25) is 0 Å². The van der Waals surface area contributed by atoms with Gasteiger partial charge in [-0.2, -0.15) is 0 Å². The summed E-state index contributed by atoms with van der Waals surface area (Å²) < 4.78 is 10.8. The van der Waals surface area contributed by atoms with Crippen LogP contribution in [0.3, 0.4) is 0 Å². The van der Waals surface area contributed by atoms with Crippen LogP contribution in [-0.4, -0.2) is 55.6 Å². The SMILES string of the molecule is C=C/C=C1\N(C)/C=C/C=C\C=C\NC12CCN(C(=O)C1C=C(OC)C=C(OC)C1)CC2. The third-order valence-electron chi connectivity index (χ3n) is 6.08. The summed E-state index contributed by atoms with van der Waals surface area (Å²) in [6, 6.07) is 0. The van der Waals surface area contributed by atoms with Gasteiger partial charge in [-0.15, -0.1) is 0 Å². The minimum Gasteiger partial charge on any atom is -0.501 e. The number of hydrogen-bond donors (Lipinski definition) is 1. The number of piperidine rings is 1. The summed E-state index contributed by atoms with van der Waals surface area (Å²) in [7, 11) is 5.28. The number of carbonyl (C=O) groups is 1. The van der Waals surface area contributed by atoms with Crippen LogP contribution >= 0.6 is 0 Å². The molecule has 0 radical (unpaired) electrons. The standard InChI is InChI=1S/C25H33N3O3/c1-5-10-23-25(26-13-8-6-7-9-14-27(23)2)11-15-28(16-12-25)24(29)20-17-21(30-3)19-22(18-20)31-4/h5-10,13-14,17,19-20,26H,1,11-12,15-16,18H2,2-4H3/b7-6-,13-8+,14-9+,23-10-. The van der Waals surface area contributed by atoms with Crippen LogP contribution in [0.15, 0.2) is 84.8 Å². The van der Waals surface area contributed by atoms with Crippen molar-refractivity contribution < 1.29 is 14.3 Å². The minimum absolute atomic E-state index is 0.118. The largest absolute Gasteiger partial charge is 0.501 e. The fraction of sp³-hybridized carbons (Fsp3) is 0.400. The predicted molar refractivity (Wildman–Crippen MR) is 123 cm³/mol. The van der Waals surface area contributed by atoms with E-state index in [2.05, 4.69) is 22.9 Å². The molecule has 6 nitrogen and oxygen atoms in total. The molecule has 1 atom stereocenters. The second kappa shape index (κ2) is 10.2. The van der Waals surface area contributed by atoms with Gasteiger partial charge in [-0.05, 0) is 43.3 Å². The van der Waals surface area contributed by atoms with Crippen LogP contribution < -0.4 is 5.32 Å². The van der Waals surface area contributed by atoms with Gasteiger partial charge in [-0.25, -0.2) is 0 Å². The molecule has 1 saturated heterocycles. The van der Waals surface area contributed by atoms with Crippen molar-refractivity contribution in [2.24, 2.45) is 5.92 Å². The van der Waals surface area contributed by atoms with Gasteiger partial charge in [0, 0.05) is 44.5 Å². The first-order valence-corrected chi connectivity index (χ1v) is 10.7. The van der Waals surface area contributed by atoms with Crippen LogP contribution in [0.1, 0.15) is 19.3 Å². The highest BCUT2D eigenvalue weighted by Gasteiger charge is 2.40. The second-order valence-corrected chi connectivity index (χ2v) is 7.93. The summed E-state index contributed by atoms with van der Waals surface area (Å²) >= 11 is 0. The molecule has 1 spiro atoms. The summed E-state index contributed by atoms with van der Waals surface area (Å²) in [6.07, 6.45) is 21.8. The number of carbonyl (C=O) groups excluding carboxylic acids is 1. The number of methoxy groups -OCH3 is 2. The molecule has 1 unspecified atom stereocenters. The molecule has 1 N–H and O–H groups in total. The van der Waals surface area contributed by atoms with Gasteiger partial charge < -0.3 is 24.6 Å². The highest BCUT2D eigenvalue weighted by Crippen LogP contribution is 2.34. The van der Waals surface area contributed by atoms with Crippen molar-refractivity contribution in [3.05, 3.63) is 84.8 Å². The van der Waals surface area contributed by atoms with E-state index in [-0.39, 0.29) is 17.4 Å². The number of amides is 1. The molecular weight excluding hydrogens is 390 g/mol. The maximum Gasteiger partial charge on any atom is 0.230 e. The van der Waals surface area contributed by atoms with Crippen molar-refractivity contribution in [2.75, 3.05) is 34.4 Å². The number of nitrogens with one attached hydrogen (secondary N) is 1. The van der Waals surface area contributed by atoms with Gasteiger partial charge in [0.25, 0.3) is 0 Å². The van der Waals surface area contributed by atoms with E-state index < -0.39 is 0 Å². The number of likely N-dealkylation sites (N-methyl/N-ethyl adjacent to an activating group) is 1. The molecule has 3 rings (SSSR count). The molecule has 31 heavy (non-hydrogen) atoms. The predicted octanol–water partition coefficient (Wildman–Crippen LogP) is 3.62. The number of ether oxygens (including phenoxy) is 2. The van der Waals surface area contributed by atoms with E-state index in [1.54, 1.807) is 14.2 Å². The second-order valence-electron chi connectivity index (χ2n) is 7.93. The summed E-state index contributed by atoms with van der Waals surface area (Å²) in [5, 5.41) is 3.62. The van der Waals surface area contributed by atoms with Crippen LogP contribution in [0.4, 0.5) is 0 Å². The lowest BCUT2D eigenvalue weighted by Gasteiger charge is -2.46. The van der Waals surface area contributed by atoms with E-state index in [1.807, 2.05) is 66.9 Å². The molecule has 2 aliphatic heterocycles. The minimum atomic E-state index is -0.274. The average Bonchev–Trinajstić information content (AvgIpc) is 2.81. The Bertz CT molecular complexity index is 855. The first-order valence-electron chi connectivity index (χ1n) is 10.7. The van der Waals surface area contributed by atoms with Crippen molar-refractivity contribution in [3.63, 3.8) is 0 Å².